The van der Waals surface area contributed by atoms with E-state index in [-0.39, 0.29) is 0 Å². The van der Waals surface area contributed by atoms with E-state index in [1.807, 2.05) is 26.1 Å². The van der Waals surface area contributed by atoms with Gasteiger partial charge in [0.1, 0.15) is 5.76 Å². The van der Waals surface area contributed by atoms with Crippen LogP contribution < -0.4 is 5.32 Å². The maximum absolute atomic E-state index is 5.34. The molecule has 0 radical (unpaired) electrons. The van der Waals surface area contributed by atoms with Crippen LogP contribution in [0.4, 0.5) is 0 Å². The number of hydrogen-bond donors (Lipinski definition) is 1. The zero-order chi connectivity index (χ0) is 11.3. The van der Waals surface area contributed by atoms with Crippen LogP contribution in [-0.4, -0.2) is 13.7 Å². The molecular weight excluding hydrogens is 186 g/mol. The minimum Gasteiger partial charge on any atom is -0.494 e. The Hall–Kier alpha value is -1.28. The van der Waals surface area contributed by atoms with E-state index >= 15 is 0 Å². The van der Waals surface area contributed by atoms with E-state index < -0.39 is 0 Å². The molecule has 82 valence electrons. The van der Waals surface area contributed by atoms with E-state index in [1.165, 1.54) is 5.56 Å². The fraction of sp³-hybridized carbons (Fsp3) is 0.385. The highest BCUT2D eigenvalue weighted by molar-refractivity contribution is 5.57. The van der Waals surface area contributed by atoms with Crippen LogP contribution in [0.15, 0.2) is 30.8 Å². The molecule has 1 aromatic rings. The molecule has 2 nitrogen and oxygen atoms in total. The predicted molar refractivity (Wildman–Crippen MR) is 64.6 cm³/mol. The minimum atomic E-state index is 0.374. The second-order valence-electron chi connectivity index (χ2n) is 3.49. The summed E-state index contributed by atoms with van der Waals surface area (Å²) in [7, 11) is 1.96. The summed E-state index contributed by atoms with van der Waals surface area (Å²) in [5.74, 6) is 0.737. The second kappa shape index (κ2) is 5.56. The molecule has 0 saturated carbocycles. The van der Waals surface area contributed by atoms with E-state index in [9.17, 15) is 0 Å². The van der Waals surface area contributed by atoms with E-state index in [4.69, 9.17) is 4.74 Å². The third-order valence-corrected chi connectivity index (χ3v) is 2.48. The Morgan fingerprint density at radius 2 is 2.00 bits per heavy atom. The van der Waals surface area contributed by atoms with Crippen molar-refractivity contribution in [2.45, 2.75) is 19.9 Å². The first-order chi connectivity index (χ1) is 7.19. The molecular formula is C13H19NO. The van der Waals surface area contributed by atoms with Crippen molar-refractivity contribution in [2.75, 3.05) is 13.7 Å². The average molecular weight is 205 g/mol. The maximum Gasteiger partial charge on any atom is 0.119 e. The van der Waals surface area contributed by atoms with Crippen molar-refractivity contribution in [3.63, 3.8) is 0 Å². The van der Waals surface area contributed by atoms with Crippen LogP contribution in [0.25, 0.3) is 5.76 Å². The lowest BCUT2D eigenvalue weighted by Crippen LogP contribution is -2.12. The third-order valence-electron chi connectivity index (χ3n) is 2.48. The van der Waals surface area contributed by atoms with E-state index in [1.54, 1.807) is 0 Å². The van der Waals surface area contributed by atoms with Crippen molar-refractivity contribution in [1.82, 2.24) is 5.32 Å². The van der Waals surface area contributed by atoms with Crippen LogP contribution in [0.1, 0.15) is 31.0 Å². The highest BCUT2D eigenvalue weighted by atomic mass is 16.5. The molecule has 0 aliphatic heterocycles. The predicted octanol–water partition coefficient (Wildman–Crippen LogP) is 2.97. The molecule has 1 atom stereocenters. The zero-order valence-corrected chi connectivity index (χ0v) is 9.71. The molecule has 0 aromatic heterocycles. The van der Waals surface area contributed by atoms with Gasteiger partial charge in [0.15, 0.2) is 0 Å². The molecule has 0 saturated heterocycles. The summed E-state index contributed by atoms with van der Waals surface area (Å²) in [4.78, 5) is 0. The van der Waals surface area contributed by atoms with Crippen LogP contribution in [0, 0.1) is 0 Å². The van der Waals surface area contributed by atoms with Crippen LogP contribution in [0.5, 0.6) is 0 Å². The first-order valence-electron chi connectivity index (χ1n) is 5.28. The molecule has 0 spiro atoms. The molecule has 0 aliphatic carbocycles. The van der Waals surface area contributed by atoms with Gasteiger partial charge in [-0.15, -0.1) is 0 Å². The first-order valence-corrected chi connectivity index (χ1v) is 5.28. The van der Waals surface area contributed by atoms with Gasteiger partial charge in [0.2, 0.25) is 0 Å². The van der Waals surface area contributed by atoms with Crippen LogP contribution >= 0.6 is 0 Å². The quantitative estimate of drug-likeness (QED) is 0.746. The van der Waals surface area contributed by atoms with Crippen LogP contribution in [0.2, 0.25) is 0 Å². The molecule has 1 unspecified atom stereocenters. The molecule has 1 rings (SSSR count). The largest absolute Gasteiger partial charge is 0.494 e. The lowest BCUT2D eigenvalue weighted by atomic mass is 10.1. The van der Waals surface area contributed by atoms with Gasteiger partial charge in [-0.05, 0) is 26.5 Å². The molecule has 0 heterocycles. The summed E-state index contributed by atoms with van der Waals surface area (Å²) in [6, 6.07) is 8.66. The van der Waals surface area contributed by atoms with Crippen LogP contribution in [-0.2, 0) is 4.74 Å². The lowest BCUT2D eigenvalue weighted by Gasteiger charge is -2.12. The Morgan fingerprint density at radius 3 is 2.47 bits per heavy atom. The molecule has 0 aliphatic rings. The van der Waals surface area contributed by atoms with Crippen molar-refractivity contribution in [2.24, 2.45) is 0 Å². The van der Waals surface area contributed by atoms with Gasteiger partial charge in [0.05, 0.1) is 6.61 Å². The topological polar surface area (TPSA) is 21.3 Å². The van der Waals surface area contributed by atoms with Gasteiger partial charge in [0.25, 0.3) is 0 Å². The van der Waals surface area contributed by atoms with Crippen molar-refractivity contribution in [3.8, 4) is 0 Å². The van der Waals surface area contributed by atoms with E-state index in [0.29, 0.717) is 12.6 Å². The molecule has 2 heteroatoms. The van der Waals surface area contributed by atoms with Gasteiger partial charge in [-0.25, -0.2) is 0 Å². The number of nitrogens with one attached hydrogen (secondary N) is 1. The average Bonchev–Trinajstić information content (AvgIpc) is 2.28. The summed E-state index contributed by atoms with van der Waals surface area (Å²) in [6.07, 6.45) is 0. The summed E-state index contributed by atoms with van der Waals surface area (Å²) in [5, 5.41) is 3.20. The minimum absolute atomic E-state index is 0.374. The van der Waals surface area contributed by atoms with Gasteiger partial charge in [0, 0.05) is 11.6 Å². The van der Waals surface area contributed by atoms with Crippen molar-refractivity contribution >= 4 is 5.76 Å². The van der Waals surface area contributed by atoms with Gasteiger partial charge < -0.3 is 10.1 Å². The molecule has 0 fully saturated rings. The second-order valence-corrected chi connectivity index (χ2v) is 3.49. The summed E-state index contributed by atoms with van der Waals surface area (Å²) < 4.78 is 5.34. The van der Waals surface area contributed by atoms with Crippen LogP contribution in [0.3, 0.4) is 0 Å². The Kier molecular flexibility index (Phi) is 4.37. The molecule has 1 aromatic carbocycles. The van der Waals surface area contributed by atoms with Gasteiger partial charge in [-0.2, -0.15) is 0 Å². The van der Waals surface area contributed by atoms with Crippen molar-refractivity contribution in [1.29, 1.82) is 0 Å². The molecule has 0 amide bonds. The Labute approximate surface area is 92.0 Å². The number of ether oxygens (including phenoxy) is 1. The fourth-order valence-electron chi connectivity index (χ4n) is 1.38. The first kappa shape index (κ1) is 11.8. The highest BCUT2D eigenvalue weighted by Gasteiger charge is 2.03. The third kappa shape index (κ3) is 3.10. The zero-order valence-electron chi connectivity index (χ0n) is 9.71. The number of benzene rings is 1. The standard InChI is InChI=1S/C13H19NO/c1-5-15-11(3)13-8-6-12(7-9-13)10(2)14-4/h6-10,14H,3,5H2,1-2,4H3. The van der Waals surface area contributed by atoms with Gasteiger partial charge in [-0.1, -0.05) is 30.8 Å². The fourth-order valence-corrected chi connectivity index (χ4v) is 1.38. The number of hydrogen-bond acceptors (Lipinski definition) is 2. The number of rotatable bonds is 5. The van der Waals surface area contributed by atoms with Crippen molar-refractivity contribution in [3.05, 3.63) is 42.0 Å². The Morgan fingerprint density at radius 1 is 1.40 bits per heavy atom. The summed E-state index contributed by atoms with van der Waals surface area (Å²) in [6.45, 7) is 8.62. The highest BCUT2D eigenvalue weighted by Crippen LogP contribution is 2.17. The van der Waals surface area contributed by atoms with Gasteiger partial charge in [-0.3, -0.25) is 0 Å². The normalized spacial score (nSPS) is 12.2. The molecule has 15 heavy (non-hydrogen) atoms. The lowest BCUT2D eigenvalue weighted by molar-refractivity contribution is 0.299. The maximum atomic E-state index is 5.34. The van der Waals surface area contributed by atoms with Gasteiger partial charge >= 0.3 is 0 Å². The van der Waals surface area contributed by atoms with E-state index in [0.717, 1.165) is 11.3 Å². The smallest absolute Gasteiger partial charge is 0.119 e. The van der Waals surface area contributed by atoms with E-state index in [2.05, 4.69) is 31.0 Å². The monoisotopic (exact) mass is 205 g/mol. The van der Waals surface area contributed by atoms with Crippen molar-refractivity contribution < 1.29 is 4.74 Å². The Balaban J connectivity index is 2.76. The summed E-state index contributed by atoms with van der Waals surface area (Å²) >= 11 is 0. The molecule has 1 N–H and O–H groups in total. The SMILES string of the molecule is C=C(OCC)c1ccc(C(C)NC)cc1. The summed E-state index contributed by atoms with van der Waals surface area (Å²) in [5.41, 5.74) is 2.31. The Bertz CT molecular complexity index is 316. The molecule has 0 bridgehead atoms.